The van der Waals surface area contributed by atoms with Crippen LogP contribution in [0, 0.1) is 5.41 Å². The number of carbonyl (C=O) groups excluding carboxylic acids is 8. The number of morpholine rings is 1. The van der Waals surface area contributed by atoms with Crippen LogP contribution in [-0.2, 0) is 124 Å². The van der Waals surface area contributed by atoms with Crippen LogP contribution in [0.3, 0.4) is 0 Å². The molecule has 149 heavy (non-hydrogen) atoms. The van der Waals surface area contributed by atoms with Crippen molar-refractivity contribution in [1.29, 1.82) is 0 Å². The maximum atomic E-state index is 12.4. The number of aliphatic hydroxyl groups excluding tert-OH is 9. The third-order valence-electron chi connectivity index (χ3n) is 19.5. The van der Waals surface area contributed by atoms with E-state index in [1.54, 1.807) is 36.4 Å². The number of carbonyl (C=O) groups is 8. The fourth-order valence-electron chi connectivity index (χ4n) is 12.4. The number of hydrogen-bond donors (Lipinski definition) is 10. The van der Waals surface area contributed by atoms with E-state index in [0.29, 0.717) is 36.9 Å². The second kappa shape index (κ2) is 71.9. The van der Waals surface area contributed by atoms with Gasteiger partial charge < -0.3 is 153 Å². The molecule has 0 saturated carbocycles. The van der Waals surface area contributed by atoms with E-state index in [9.17, 15) is 109 Å². The van der Waals surface area contributed by atoms with Crippen molar-refractivity contribution in [2.24, 2.45) is 5.41 Å². The average Bonchev–Trinajstić information content (AvgIpc) is 0.747. The van der Waals surface area contributed by atoms with E-state index < -0.39 is 146 Å². The van der Waals surface area contributed by atoms with Crippen LogP contribution in [0.1, 0.15) is 34.1 Å². The summed E-state index contributed by atoms with van der Waals surface area (Å²) in [4.78, 5) is 93.4. The van der Waals surface area contributed by atoms with Gasteiger partial charge in [0.1, 0.15) is 168 Å². The van der Waals surface area contributed by atoms with Crippen molar-refractivity contribution < 1.29 is 234 Å². The van der Waals surface area contributed by atoms with Crippen LogP contribution in [-0.4, -0.2) is 369 Å². The number of aliphatic hydroxyl groups is 9. The first kappa shape index (κ1) is 134. The number of hydrogen-bond acceptors (Lipinski definition) is 39. The maximum Gasteiger partial charge on any atom is 0.0311 e. The topological polar surface area (TPSA) is 573 Å². The van der Waals surface area contributed by atoms with Crippen molar-refractivity contribution in [3.63, 3.8) is 0 Å². The van der Waals surface area contributed by atoms with Crippen molar-refractivity contribution in [1.82, 2.24) is 0 Å². The number of halogens is 7. The molecule has 0 radical (unpaired) electrons. The zero-order chi connectivity index (χ0) is 110. The Morgan fingerprint density at radius 2 is 0.631 bits per heavy atom. The molecular formula is C98H130ClF6N2O39P2S-. The van der Waals surface area contributed by atoms with Gasteiger partial charge in [-0.1, -0.05) is 107 Å². The second-order valence-corrected chi connectivity index (χ2v) is 38.3. The molecule has 6 aromatic rings. The molecule has 1 aliphatic heterocycles. The molecule has 1 saturated heterocycles. The molecule has 0 bridgehead atoms. The number of pyridine rings is 1. The molecule has 0 spiro atoms. The van der Waals surface area contributed by atoms with Crippen molar-refractivity contribution >= 4 is 94.8 Å². The van der Waals surface area contributed by atoms with Gasteiger partial charge in [0.15, 0.2) is 12.4 Å². The summed E-state index contributed by atoms with van der Waals surface area (Å²) in [6, 6.07) is 50.4. The quantitative estimate of drug-likeness (QED) is 0.00362. The summed E-state index contributed by atoms with van der Waals surface area (Å²) in [5.41, 5.74) is 1.86. The van der Waals surface area contributed by atoms with Crippen molar-refractivity contribution in [2.75, 3.05) is 191 Å². The Kier molecular flexibility index (Phi) is 64.8. The predicted octanol–water partition coefficient (Wildman–Crippen LogP) is 0.445. The number of nitrogens with zero attached hydrogens (tertiary/aromatic N) is 1. The Morgan fingerprint density at radius 1 is 0.383 bits per heavy atom. The van der Waals surface area contributed by atoms with Gasteiger partial charge in [-0.25, -0.2) is 38.4 Å². The summed E-state index contributed by atoms with van der Waals surface area (Å²) < 4.78 is 191. The molecule has 10 N–H and O–H groups in total. The van der Waals surface area contributed by atoms with Gasteiger partial charge in [0.05, 0.1) is 130 Å². The van der Waals surface area contributed by atoms with E-state index in [2.05, 4.69) is 75.9 Å². The van der Waals surface area contributed by atoms with E-state index in [1.807, 2.05) is 109 Å². The van der Waals surface area contributed by atoms with Gasteiger partial charge in [-0.05, 0) is 79.2 Å². The van der Waals surface area contributed by atoms with E-state index >= 15 is 0 Å². The zero-order valence-corrected chi connectivity index (χ0v) is 85.0. The largest absolute Gasteiger partial charge is 1.00 e. The first-order valence-corrected chi connectivity index (χ1v) is 50.8. The molecule has 2 heterocycles. The molecule has 0 aliphatic carbocycles. The molecule has 41 nitrogen and oxygen atoms in total. The van der Waals surface area contributed by atoms with Crippen LogP contribution in [0.2, 0.25) is 0 Å². The molecular weight excluding hydrogens is 2070 g/mol. The number of ether oxygens (including phenoxy) is 18. The minimum atomic E-state index is -10.7. The van der Waals surface area contributed by atoms with Crippen molar-refractivity contribution in [3.8, 4) is 5.69 Å². The Labute approximate surface area is 864 Å². The van der Waals surface area contributed by atoms with Gasteiger partial charge in [0.25, 0.3) is 0 Å². The first-order valence-electron chi connectivity index (χ1n) is 45.4. The number of benzene rings is 5. The number of quaternary nitrogens is 1. The van der Waals surface area contributed by atoms with Crippen LogP contribution in [0.4, 0.5) is 30.9 Å². The molecule has 1 fully saturated rings. The smallest absolute Gasteiger partial charge is 0.0311 e. The zero-order valence-electron chi connectivity index (χ0n) is 81.6. The third-order valence-corrected chi connectivity index (χ3v) is 24.1. The van der Waals surface area contributed by atoms with Gasteiger partial charge in [-0.3, -0.25) is 13.3 Å². The van der Waals surface area contributed by atoms with E-state index in [0.717, 1.165) is 76.8 Å². The van der Waals surface area contributed by atoms with Gasteiger partial charge in [0, 0.05) is 76.5 Å². The van der Waals surface area contributed by atoms with Crippen LogP contribution >= 0.6 is 15.1 Å². The van der Waals surface area contributed by atoms with Crippen LogP contribution < -0.4 is 37.8 Å². The summed E-state index contributed by atoms with van der Waals surface area (Å²) in [6.07, 6.45) is -0.705. The summed E-state index contributed by atoms with van der Waals surface area (Å²) in [5.74, 6) is -5.27. The predicted molar refractivity (Wildman–Crippen MR) is 519 cm³/mol. The number of rotatable bonds is 66. The molecule has 1 aliphatic rings. The van der Waals surface area contributed by atoms with Gasteiger partial charge in [-0.15, -0.1) is 0 Å². The van der Waals surface area contributed by atoms with Crippen molar-refractivity contribution in [3.05, 3.63) is 257 Å². The van der Waals surface area contributed by atoms with E-state index in [4.69, 9.17) is 103 Å². The molecule has 5 aromatic carbocycles. The van der Waals surface area contributed by atoms with E-state index in [1.165, 1.54) is 4.90 Å². The number of aromatic nitrogens is 1. The maximum absolute atomic E-state index is 12.4. The monoisotopic (exact) mass is 2200 g/mol. The first-order chi connectivity index (χ1) is 70.0. The molecule has 832 valence electrons. The molecule has 11 atom stereocenters. The summed E-state index contributed by atoms with van der Waals surface area (Å²) in [6.45, 7) is 20.8. The Bertz CT molecular complexity index is 4880. The van der Waals surface area contributed by atoms with Crippen LogP contribution in [0.25, 0.3) is 5.69 Å². The van der Waals surface area contributed by atoms with Crippen LogP contribution in [0.5, 0.6) is 0 Å². The molecule has 7 rings (SSSR count). The molecule has 0 amide bonds. The normalized spacial score (nSPS) is 15.0. The molecule has 11 unspecified atom stereocenters. The minimum absolute atomic E-state index is 0. The second-order valence-electron chi connectivity index (χ2n) is 32.0. The van der Waals surface area contributed by atoms with E-state index in [-0.39, 0.29) is 171 Å². The minimum Gasteiger partial charge on any atom is -1.00 e. The summed E-state index contributed by atoms with van der Waals surface area (Å²) in [7, 11) is -18.1. The summed E-state index contributed by atoms with van der Waals surface area (Å²) >= 11 is 0. The average molecular weight is 2200 g/mol. The molecule has 1 aromatic heterocycles. The van der Waals surface area contributed by atoms with Gasteiger partial charge in [0.2, 0.25) is 5.69 Å². The third kappa shape index (κ3) is 63.9. The number of esters is 8. The van der Waals surface area contributed by atoms with Crippen LogP contribution in [0.15, 0.2) is 246 Å². The fourth-order valence-corrected chi connectivity index (χ4v) is 16.7. The SMILES string of the molecule is C=CC(=O)OCC(O)COCC(CC)(COCC(O)COC(=O)C=C)COCC(O)C[P+](c1ccccc1)(c1ccccc1)c1ccccc1.C=CC(=O)OCC(O)COCC(COCC(O)COC(=O)c1ccc(-[n+]2ccccc2)cc1)OCC(O)COC(=O)C=C.C=CC(=O)OCC(O)COCC(COCC(O)COC(=O)c1ccc([NH+]2CCOCC2)cc1)OCC(O)COC(=O)C=C.F[P-](F)(F)(F)(F)F.O=S(=O)([O-])[O-].[Cl-]. The fraction of sp³-hybridized carbons (Fsp3) is 0.439. The Balaban J connectivity index is 0.000000713. The Hall–Kier alpha value is -10.7. The van der Waals surface area contributed by atoms with Gasteiger partial charge in [-0.2, -0.15) is 4.57 Å². The molecule has 51 heteroatoms. The standard InChI is InChI=1S/C39H50O10P.C30H38NO12.C29H41NO13.ClH.F6P.H2O4S/c1-4-37(43)48-25-31(40)22-45-28-39(6-3,29-46-23-32(41)26-49-38(44)5-2)30-47-24-33(42)27-50(34-16-10-7-11-17-34,35-18-12-8-13-19-35)36-20-14-9-15-21-36;1-3-28(35)41-17-24(32)14-38-20-27(40-16-26(34)18-42-29(36)4-2)21-39-15-25(33)19-43-30(37)22-8-10-23(11-9-22)31-12-6-5-7-13-31;1-3-27(34)41-16-23(31)13-38-19-26(40-15-25(33)17-42-28(35)4-2)20-39-14-24(32)18-43-29(36)21-5-7-22(8-6-21)30-9-11-37-12-10-30;;1-7(2,3,4,5)6;1-5(2,3)4/h4-5,7-21,31-33,40-42H,1-2,6,22-30H2,3H3;3-13,24-27,32-34H,1-2,14-21H2;3-8,23-26,31-33H,1-2,9-20H2;1H;;(H2,1,2,3,4)/q2*+1;;;-1;/p-2. The number of nitrogens with one attached hydrogen (secondary N) is 1. The van der Waals surface area contributed by atoms with Gasteiger partial charge >= 0.3 is 80.7 Å². The summed E-state index contributed by atoms with van der Waals surface area (Å²) in [5, 5.41) is 95.9. The van der Waals surface area contributed by atoms with Crippen molar-refractivity contribution in [2.45, 2.75) is 80.5 Å². The Morgan fingerprint density at radius 3 is 0.906 bits per heavy atom.